The fourth-order valence-corrected chi connectivity index (χ4v) is 1.43. The Kier molecular flexibility index (Phi) is 3.48. The van der Waals surface area contributed by atoms with Crippen LogP contribution >= 0.6 is 0 Å². The minimum absolute atomic E-state index is 0.0756. The number of nitrogens with one attached hydrogen (secondary N) is 1. The molecule has 1 saturated heterocycles. The second-order valence-electron chi connectivity index (χ2n) is 3.19. The van der Waals surface area contributed by atoms with Crippen molar-refractivity contribution in [1.29, 1.82) is 5.26 Å². The zero-order chi connectivity index (χ0) is 8.97. The number of nitrogens with zero attached hydrogens (tertiary/aromatic N) is 2. The van der Waals surface area contributed by atoms with E-state index in [-0.39, 0.29) is 12.1 Å². The van der Waals surface area contributed by atoms with E-state index in [4.69, 9.17) is 10.4 Å². The van der Waals surface area contributed by atoms with Crippen LogP contribution < -0.4 is 5.32 Å². The highest BCUT2D eigenvalue weighted by molar-refractivity contribution is 4.96. The Morgan fingerprint density at radius 3 is 3.17 bits per heavy atom. The van der Waals surface area contributed by atoms with Crippen LogP contribution in [0.3, 0.4) is 0 Å². The Labute approximate surface area is 72.8 Å². The van der Waals surface area contributed by atoms with Crippen LogP contribution in [0.2, 0.25) is 0 Å². The van der Waals surface area contributed by atoms with Crippen molar-refractivity contribution in [2.45, 2.75) is 19.1 Å². The molecule has 0 aromatic heterocycles. The van der Waals surface area contributed by atoms with Crippen LogP contribution in [-0.4, -0.2) is 48.3 Å². The maximum absolute atomic E-state index is 9.15. The number of β-amino-alcohol motifs (C(OH)–C–C–N with tert-alkyl or cyclic N) is 1. The molecule has 0 spiro atoms. The zero-order valence-corrected chi connectivity index (χ0v) is 7.32. The lowest BCUT2D eigenvalue weighted by molar-refractivity contribution is 0.101. The first kappa shape index (κ1) is 9.46. The summed E-state index contributed by atoms with van der Waals surface area (Å²) in [5, 5.41) is 21.1. The van der Waals surface area contributed by atoms with Crippen molar-refractivity contribution >= 4 is 0 Å². The number of hydrogen-bond acceptors (Lipinski definition) is 4. The van der Waals surface area contributed by atoms with Crippen LogP contribution in [-0.2, 0) is 0 Å². The van der Waals surface area contributed by atoms with Gasteiger partial charge in [0.15, 0.2) is 0 Å². The molecular weight excluding hydrogens is 154 g/mol. The molecule has 0 saturated carbocycles. The van der Waals surface area contributed by atoms with Gasteiger partial charge in [0.05, 0.1) is 12.2 Å². The number of hydrogen-bond donors (Lipinski definition) is 2. The predicted molar refractivity (Wildman–Crippen MR) is 45.5 cm³/mol. The predicted octanol–water partition coefficient (Wildman–Crippen LogP) is -0.835. The number of aliphatic hydroxyl groups excluding tert-OH is 1. The summed E-state index contributed by atoms with van der Waals surface area (Å²) < 4.78 is 0. The summed E-state index contributed by atoms with van der Waals surface area (Å²) in [6.45, 7) is 4.81. The Balaban J connectivity index is 2.43. The molecule has 12 heavy (non-hydrogen) atoms. The fraction of sp³-hybridized carbons (Fsp3) is 0.875. The summed E-state index contributed by atoms with van der Waals surface area (Å²) in [7, 11) is 0. The Morgan fingerprint density at radius 1 is 1.83 bits per heavy atom. The highest BCUT2D eigenvalue weighted by Gasteiger charge is 2.22. The third-order valence-electron chi connectivity index (χ3n) is 2.00. The molecule has 2 N–H and O–H groups in total. The van der Waals surface area contributed by atoms with Crippen LogP contribution in [0.15, 0.2) is 0 Å². The van der Waals surface area contributed by atoms with Crippen molar-refractivity contribution in [3.8, 4) is 6.07 Å². The van der Waals surface area contributed by atoms with E-state index in [0.29, 0.717) is 13.1 Å². The van der Waals surface area contributed by atoms with Crippen LogP contribution in [0.5, 0.6) is 0 Å². The molecule has 0 radical (unpaired) electrons. The Hall–Kier alpha value is -0.630. The fourth-order valence-electron chi connectivity index (χ4n) is 1.43. The molecule has 0 amide bonds. The van der Waals surface area contributed by atoms with E-state index >= 15 is 0 Å². The molecule has 0 aromatic rings. The summed E-state index contributed by atoms with van der Waals surface area (Å²) in [5.74, 6) is 0. The third-order valence-corrected chi connectivity index (χ3v) is 2.00. The van der Waals surface area contributed by atoms with Crippen molar-refractivity contribution in [2.24, 2.45) is 0 Å². The van der Waals surface area contributed by atoms with E-state index in [1.54, 1.807) is 6.92 Å². The van der Waals surface area contributed by atoms with Crippen molar-refractivity contribution in [3.63, 3.8) is 0 Å². The van der Waals surface area contributed by atoms with Crippen molar-refractivity contribution in [3.05, 3.63) is 0 Å². The largest absolute Gasteiger partial charge is 0.392 e. The summed E-state index contributed by atoms with van der Waals surface area (Å²) in [6.07, 6.45) is -0.348. The standard InChI is InChI=1S/C8H15N3O/c1-7(12)6-11-3-2-10-5-8(11)4-9/h7-8,10,12H,2-3,5-6H2,1H3/t7-,8?/m0/s1. The molecule has 4 heteroatoms. The summed E-state index contributed by atoms with van der Waals surface area (Å²) in [4.78, 5) is 2.02. The molecule has 1 heterocycles. The summed E-state index contributed by atoms with van der Waals surface area (Å²) in [6, 6.07) is 2.14. The normalized spacial score (nSPS) is 27.9. The molecule has 0 aromatic carbocycles. The number of aliphatic hydroxyl groups is 1. The van der Waals surface area contributed by atoms with Gasteiger partial charge in [0, 0.05) is 26.2 Å². The number of piperazine rings is 1. The molecule has 4 nitrogen and oxygen atoms in total. The molecular formula is C8H15N3O. The van der Waals surface area contributed by atoms with Gasteiger partial charge in [-0.05, 0) is 6.92 Å². The van der Waals surface area contributed by atoms with Crippen molar-refractivity contribution in [2.75, 3.05) is 26.2 Å². The summed E-state index contributed by atoms with van der Waals surface area (Å²) >= 11 is 0. The Morgan fingerprint density at radius 2 is 2.58 bits per heavy atom. The minimum atomic E-state index is -0.348. The van der Waals surface area contributed by atoms with Gasteiger partial charge in [-0.1, -0.05) is 0 Å². The topological polar surface area (TPSA) is 59.3 Å². The van der Waals surface area contributed by atoms with E-state index in [1.807, 2.05) is 4.90 Å². The molecule has 1 aliphatic rings. The maximum Gasteiger partial charge on any atom is 0.110 e. The second-order valence-corrected chi connectivity index (χ2v) is 3.19. The Bertz CT molecular complexity index is 176. The number of nitriles is 1. The smallest absolute Gasteiger partial charge is 0.110 e. The van der Waals surface area contributed by atoms with Gasteiger partial charge >= 0.3 is 0 Å². The summed E-state index contributed by atoms with van der Waals surface area (Å²) in [5.41, 5.74) is 0. The van der Waals surface area contributed by atoms with E-state index < -0.39 is 0 Å². The van der Waals surface area contributed by atoms with Gasteiger partial charge in [0.2, 0.25) is 0 Å². The van der Waals surface area contributed by atoms with E-state index in [1.165, 1.54) is 0 Å². The van der Waals surface area contributed by atoms with Crippen LogP contribution in [0, 0.1) is 11.3 Å². The number of rotatable bonds is 2. The minimum Gasteiger partial charge on any atom is -0.392 e. The highest BCUT2D eigenvalue weighted by atomic mass is 16.3. The van der Waals surface area contributed by atoms with Gasteiger partial charge in [-0.2, -0.15) is 5.26 Å². The second kappa shape index (κ2) is 4.41. The monoisotopic (exact) mass is 169 g/mol. The van der Waals surface area contributed by atoms with Gasteiger partial charge in [0.25, 0.3) is 0 Å². The van der Waals surface area contributed by atoms with E-state index in [2.05, 4.69) is 11.4 Å². The van der Waals surface area contributed by atoms with Crippen LogP contribution in [0.4, 0.5) is 0 Å². The van der Waals surface area contributed by atoms with Gasteiger partial charge in [-0.25, -0.2) is 0 Å². The molecule has 1 unspecified atom stereocenters. The molecule has 2 atom stereocenters. The lowest BCUT2D eigenvalue weighted by Gasteiger charge is -2.32. The van der Waals surface area contributed by atoms with Crippen LogP contribution in [0.25, 0.3) is 0 Å². The van der Waals surface area contributed by atoms with Crippen molar-refractivity contribution in [1.82, 2.24) is 10.2 Å². The quantitative estimate of drug-likeness (QED) is 0.566. The first-order chi connectivity index (χ1) is 5.74. The molecule has 68 valence electrons. The molecule has 1 rings (SSSR count). The average Bonchev–Trinajstić information content (AvgIpc) is 2.04. The van der Waals surface area contributed by atoms with Gasteiger partial charge < -0.3 is 10.4 Å². The van der Waals surface area contributed by atoms with Crippen molar-refractivity contribution < 1.29 is 5.11 Å². The van der Waals surface area contributed by atoms with Crippen LogP contribution in [0.1, 0.15) is 6.92 Å². The van der Waals surface area contributed by atoms with Gasteiger partial charge in [-0.3, -0.25) is 4.90 Å². The van der Waals surface area contributed by atoms with E-state index in [0.717, 1.165) is 13.1 Å². The molecule has 0 bridgehead atoms. The third kappa shape index (κ3) is 2.45. The first-order valence-electron chi connectivity index (χ1n) is 4.26. The van der Waals surface area contributed by atoms with E-state index in [9.17, 15) is 0 Å². The average molecular weight is 169 g/mol. The molecule has 1 aliphatic heterocycles. The lowest BCUT2D eigenvalue weighted by Crippen LogP contribution is -2.52. The molecule has 1 fully saturated rings. The lowest BCUT2D eigenvalue weighted by atomic mass is 10.2. The first-order valence-corrected chi connectivity index (χ1v) is 4.26. The van der Waals surface area contributed by atoms with Gasteiger partial charge in [-0.15, -0.1) is 0 Å². The SMILES string of the molecule is C[C@H](O)CN1CCNCC1C#N. The maximum atomic E-state index is 9.15. The zero-order valence-electron chi connectivity index (χ0n) is 7.32. The molecule has 0 aliphatic carbocycles. The highest BCUT2D eigenvalue weighted by Crippen LogP contribution is 2.02. The van der Waals surface area contributed by atoms with Gasteiger partial charge in [0.1, 0.15) is 6.04 Å².